The van der Waals surface area contributed by atoms with Gasteiger partial charge in [0.25, 0.3) is 0 Å². The van der Waals surface area contributed by atoms with E-state index in [-0.39, 0.29) is 50.1 Å². The second-order valence-electron chi connectivity index (χ2n) is 12.7. The first-order valence-electron chi connectivity index (χ1n) is 16.0. The molecule has 1 aliphatic heterocycles. The van der Waals surface area contributed by atoms with Gasteiger partial charge in [-0.05, 0) is 55.9 Å². The molecular formula is C32H52N8O6. The van der Waals surface area contributed by atoms with E-state index in [1.54, 1.807) is 0 Å². The zero-order valence-corrected chi connectivity index (χ0v) is 27.4. The number of carboxylic acids is 1. The number of hydrogen-bond donors (Lipinski definition) is 7. The fourth-order valence-electron chi connectivity index (χ4n) is 5.45. The number of carbonyl (C=O) groups excluding carboxylic acids is 4. The molecule has 10 N–H and O–H groups in total. The lowest BCUT2D eigenvalue weighted by Crippen LogP contribution is -2.59. The number of carbonyl (C=O) groups is 5. The van der Waals surface area contributed by atoms with Crippen LogP contribution in [-0.4, -0.2) is 88.9 Å². The molecule has 1 heterocycles. The summed E-state index contributed by atoms with van der Waals surface area (Å²) in [7, 11) is 0. The molecule has 0 bridgehead atoms. The molecule has 0 radical (unpaired) electrons. The van der Waals surface area contributed by atoms with E-state index in [0.29, 0.717) is 25.7 Å². The molecule has 14 nitrogen and oxygen atoms in total. The van der Waals surface area contributed by atoms with Crippen LogP contribution in [0.3, 0.4) is 0 Å². The molecule has 0 saturated carbocycles. The Bertz CT molecular complexity index is 1200. The van der Waals surface area contributed by atoms with Crippen molar-refractivity contribution in [1.82, 2.24) is 20.9 Å². The van der Waals surface area contributed by atoms with E-state index in [1.807, 2.05) is 58.0 Å². The molecular weight excluding hydrogens is 592 g/mol. The predicted octanol–water partition coefficient (Wildman–Crippen LogP) is 0.232. The fraction of sp³-hybridized carbons (Fsp3) is 0.625. The van der Waals surface area contributed by atoms with Crippen molar-refractivity contribution in [2.24, 2.45) is 34.0 Å². The van der Waals surface area contributed by atoms with Crippen molar-refractivity contribution >= 4 is 35.6 Å². The van der Waals surface area contributed by atoms with Crippen LogP contribution in [0.1, 0.15) is 71.8 Å². The summed E-state index contributed by atoms with van der Waals surface area (Å²) in [5.74, 6) is -3.25. The van der Waals surface area contributed by atoms with Crippen LogP contribution in [0, 0.1) is 11.8 Å². The Hall–Kier alpha value is -4.20. The van der Waals surface area contributed by atoms with Crippen LogP contribution in [-0.2, 0) is 30.4 Å². The van der Waals surface area contributed by atoms with Gasteiger partial charge >= 0.3 is 5.97 Å². The van der Waals surface area contributed by atoms with Crippen LogP contribution < -0.4 is 33.2 Å². The summed E-state index contributed by atoms with van der Waals surface area (Å²) < 4.78 is 0. The van der Waals surface area contributed by atoms with Crippen LogP contribution in [0.25, 0.3) is 0 Å². The van der Waals surface area contributed by atoms with E-state index in [9.17, 15) is 29.1 Å². The Kier molecular flexibility index (Phi) is 15.4. The molecule has 0 unspecified atom stereocenters. The van der Waals surface area contributed by atoms with Gasteiger partial charge < -0.3 is 43.2 Å². The maximum Gasteiger partial charge on any atom is 0.326 e. The van der Waals surface area contributed by atoms with Gasteiger partial charge in [-0.1, -0.05) is 58.0 Å². The van der Waals surface area contributed by atoms with Crippen LogP contribution in [0.2, 0.25) is 0 Å². The molecule has 2 rings (SSSR count). The number of nitrogens with one attached hydrogen (secondary N) is 3. The van der Waals surface area contributed by atoms with Crippen LogP contribution in [0.5, 0.6) is 0 Å². The normalized spacial score (nSPS) is 17.1. The van der Waals surface area contributed by atoms with Gasteiger partial charge in [0.05, 0.1) is 6.04 Å². The summed E-state index contributed by atoms with van der Waals surface area (Å²) in [6.45, 7) is 8.13. The lowest BCUT2D eigenvalue weighted by molar-refractivity contribution is -0.149. The number of carboxylic acid groups (broad SMARTS) is 1. The van der Waals surface area contributed by atoms with Crippen LogP contribution >= 0.6 is 0 Å². The lowest BCUT2D eigenvalue weighted by Gasteiger charge is -2.30. The molecule has 0 spiro atoms. The average molecular weight is 645 g/mol. The molecule has 4 amide bonds. The number of likely N-dealkylation sites (tertiary alicyclic amines) is 1. The minimum Gasteiger partial charge on any atom is -0.480 e. The molecule has 1 aromatic carbocycles. The van der Waals surface area contributed by atoms with Crippen molar-refractivity contribution < 1.29 is 29.1 Å². The minimum absolute atomic E-state index is 0.0244. The number of hydrogen-bond acceptors (Lipinski definition) is 7. The molecule has 0 aromatic heterocycles. The van der Waals surface area contributed by atoms with Crippen molar-refractivity contribution in [3.05, 3.63) is 35.9 Å². The molecule has 256 valence electrons. The van der Waals surface area contributed by atoms with Crippen molar-refractivity contribution in [2.45, 2.75) is 103 Å². The van der Waals surface area contributed by atoms with Gasteiger partial charge in [0.15, 0.2) is 5.96 Å². The van der Waals surface area contributed by atoms with Crippen molar-refractivity contribution in [3.63, 3.8) is 0 Å². The van der Waals surface area contributed by atoms with Gasteiger partial charge in [-0.2, -0.15) is 0 Å². The highest BCUT2D eigenvalue weighted by molar-refractivity contribution is 5.95. The Morgan fingerprint density at radius 2 is 1.48 bits per heavy atom. The maximum atomic E-state index is 13.7. The second kappa shape index (κ2) is 18.7. The Morgan fingerprint density at radius 1 is 0.891 bits per heavy atom. The zero-order valence-electron chi connectivity index (χ0n) is 27.4. The molecule has 1 aliphatic rings. The first-order chi connectivity index (χ1) is 21.7. The van der Waals surface area contributed by atoms with E-state index >= 15 is 0 Å². The van der Waals surface area contributed by atoms with E-state index < -0.39 is 59.8 Å². The van der Waals surface area contributed by atoms with Gasteiger partial charge in [-0.15, -0.1) is 0 Å². The van der Waals surface area contributed by atoms with Crippen LogP contribution in [0.15, 0.2) is 35.3 Å². The summed E-state index contributed by atoms with van der Waals surface area (Å²) in [5.41, 5.74) is 17.7. The molecule has 1 aromatic rings. The number of guanidine groups is 1. The quantitative estimate of drug-likeness (QED) is 0.0657. The highest BCUT2D eigenvalue weighted by Crippen LogP contribution is 2.20. The number of aliphatic imine (C=N–C) groups is 1. The predicted molar refractivity (Wildman–Crippen MR) is 175 cm³/mol. The summed E-state index contributed by atoms with van der Waals surface area (Å²) in [5, 5.41) is 18.0. The Balaban J connectivity index is 2.29. The number of nitrogens with zero attached hydrogens (tertiary/aromatic N) is 2. The molecule has 0 aliphatic carbocycles. The Morgan fingerprint density at radius 3 is 2.07 bits per heavy atom. The van der Waals surface area contributed by atoms with Crippen molar-refractivity contribution in [3.8, 4) is 0 Å². The third-order valence-corrected chi connectivity index (χ3v) is 7.70. The first-order valence-corrected chi connectivity index (χ1v) is 16.0. The average Bonchev–Trinajstić information content (AvgIpc) is 3.48. The summed E-state index contributed by atoms with van der Waals surface area (Å²) in [6, 6.07) is 4.22. The highest BCUT2D eigenvalue weighted by Gasteiger charge is 2.38. The zero-order chi connectivity index (χ0) is 34.4. The summed E-state index contributed by atoms with van der Waals surface area (Å²) in [4.78, 5) is 71.0. The van der Waals surface area contributed by atoms with E-state index in [1.165, 1.54) is 4.90 Å². The number of benzene rings is 1. The monoisotopic (exact) mass is 644 g/mol. The number of rotatable bonds is 18. The van der Waals surface area contributed by atoms with Gasteiger partial charge in [-0.25, -0.2) is 4.79 Å². The molecule has 14 heteroatoms. The van der Waals surface area contributed by atoms with Crippen molar-refractivity contribution in [1.29, 1.82) is 0 Å². The maximum absolute atomic E-state index is 13.7. The molecule has 46 heavy (non-hydrogen) atoms. The molecule has 1 saturated heterocycles. The summed E-state index contributed by atoms with van der Waals surface area (Å²) in [6.07, 6.45) is 2.17. The minimum atomic E-state index is -1.11. The number of nitrogens with two attached hydrogens (primary N) is 3. The smallest absolute Gasteiger partial charge is 0.326 e. The number of aliphatic carboxylic acids is 1. The molecule has 5 atom stereocenters. The van der Waals surface area contributed by atoms with Crippen LogP contribution in [0.4, 0.5) is 0 Å². The molecule has 1 fully saturated rings. The topological polar surface area (TPSA) is 235 Å². The second-order valence-corrected chi connectivity index (χ2v) is 12.7. The highest BCUT2D eigenvalue weighted by atomic mass is 16.4. The third kappa shape index (κ3) is 12.7. The lowest BCUT2D eigenvalue weighted by atomic mass is 9.99. The third-order valence-electron chi connectivity index (χ3n) is 7.70. The Labute approximate surface area is 271 Å². The fourth-order valence-corrected chi connectivity index (χ4v) is 5.45. The van der Waals surface area contributed by atoms with E-state index in [0.717, 1.165) is 5.56 Å². The first kappa shape index (κ1) is 38.0. The largest absolute Gasteiger partial charge is 0.480 e. The van der Waals surface area contributed by atoms with E-state index in [2.05, 4.69) is 20.9 Å². The SMILES string of the molecule is CC(C)C[C@H](NC(=O)[C@H](Cc1ccccc1)NC(=O)[C@@H](N)CC(C)C)C(=O)N[C@@H](CCCN=C(N)N)C(=O)N1CCC[C@H]1C(=O)O. The van der Waals surface area contributed by atoms with Gasteiger partial charge in [0.1, 0.15) is 24.2 Å². The van der Waals surface area contributed by atoms with E-state index in [4.69, 9.17) is 17.2 Å². The van der Waals surface area contributed by atoms with Gasteiger partial charge in [0.2, 0.25) is 23.6 Å². The van der Waals surface area contributed by atoms with Gasteiger partial charge in [0, 0.05) is 19.5 Å². The standard InChI is InChI=1S/C32H52N8O6/c1-19(2)16-22(33)27(41)38-25(18-21-10-6-5-7-11-21)29(43)39-24(17-20(3)4)28(42)37-23(12-8-14-36-32(34)35)30(44)40-15-9-13-26(40)31(45)46/h5-7,10-11,19-20,22-26H,8-9,12-18,33H2,1-4H3,(H,37,42)(H,38,41)(H,39,43)(H,45,46)(H4,34,35,36)/t22-,23-,24-,25-,26-/m0/s1. The van der Waals surface area contributed by atoms with Gasteiger partial charge in [-0.3, -0.25) is 24.2 Å². The van der Waals surface area contributed by atoms with Crippen molar-refractivity contribution in [2.75, 3.05) is 13.1 Å². The summed E-state index contributed by atoms with van der Waals surface area (Å²) >= 11 is 0. The number of amides is 4.